The van der Waals surface area contributed by atoms with E-state index in [4.69, 9.17) is 0 Å². The van der Waals surface area contributed by atoms with Gasteiger partial charge in [0.2, 0.25) is 0 Å². The molecule has 0 radical (unpaired) electrons. The number of rotatable bonds is 5. The Morgan fingerprint density at radius 2 is 2.28 bits per heavy atom. The fourth-order valence-corrected chi connectivity index (χ4v) is 2.47. The van der Waals surface area contributed by atoms with Gasteiger partial charge < -0.3 is 9.88 Å². The molecule has 0 spiro atoms. The van der Waals surface area contributed by atoms with E-state index in [1.54, 1.807) is 0 Å². The van der Waals surface area contributed by atoms with E-state index < -0.39 is 0 Å². The highest BCUT2D eigenvalue weighted by Gasteiger charge is 2.13. The van der Waals surface area contributed by atoms with Crippen molar-refractivity contribution in [1.29, 1.82) is 0 Å². The molecule has 0 saturated heterocycles. The summed E-state index contributed by atoms with van der Waals surface area (Å²) in [5.74, 6) is 1.10. The molecule has 2 aromatic rings. The summed E-state index contributed by atoms with van der Waals surface area (Å²) >= 11 is 3.53. The second kappa shape index (κ2) is 6.16. The highest BCUT2D eigenvalue weighted by molar-refractivity contribution is 9.10. The first-order valence-electron chi connectivity index (χ1n) is 6.15. The van der Waals surface area contributed by atoms with E-state index in [0.717, 1.165) is 23.3 Å². The summed E-state index contributed by atoms with van der Waals surface area (Å²) in [7, 11) is 2.03. The summed E-state index contributed by atoms with van der Waals surface area (Å²) in [6.45, 7) is 3.07. The van der Waals surface area contributed by atoms with Gasteiger partial charge in [-0.15, -0.1) is 0 Å². The standard InChI is InChI=1S/C14H18BrN3/c1-3-16-13(10-14-17-7-8-18(14)2)11-5-4-6-12(15)9-11/h4-9,13,16H,3,10H2,1-2H3. The lowest BCUT2D eigenvalue weighted by molar-refractivity contribution is 0.529. The zero-order valence-electron chi connectivity index (χ0n) is 10.7. The SMILES string of the molecule is CCNC(Cc1nccn1C)c1cccc(Br)c1. The Bertz CT molecular complexity index is 507. The average molecular weight is 308 g/mol. The summed E-state index contributed by atoms with van der Waals surface area (Å²) in [4.78, 5) is 4.40. The molecule has 0 saturated carbocycles. The van der Waals surface area contributed by atoms with Crippen molar-refractivity contribution < 1.29 is 0 Å². The maximum Gasteiger partial charge on any atom is 0.110 e. The van der Waals surface area contributed by atoms with Gasteiger partial charge >= 0.3 is 0 Å². The molecule has 1 aromatic heterocycles. The van der Waals surface area contributed by atoms with Crippen LogP contribution in [0.5, 0.6) is 0 Å². The second-order valence-corrected chi connectivity index (χ2v) is 5.24. The van der Waals surface area contributed by atoms with Crippen LogP contribution in [0.2, 0.25) is 0 Å². The fourth-order valence-electron chi connectivity index (χ4n) is 2.05. The van der Waals surface area contributed by atoms with Crippen LogP contribution < -0.4 is 5.32 Å². The average Bonchev–Trinajstić information content (AvgIpc) is 2.74. The topological polar surface area (TPSA) is 29.9 Å². The van der Waals surface area contributed by atoms with Crippen molar-refractivity contribution >= 4 is 15.9 Å². The van der Waals surface area contributed by atoms with E-state index in [1.807, 2.05) is 25.5 Å². The van der Waals surface area contributed by atoms with Crippen molar-refractivity contribution in [3.05, 3.63) is 52.5 Å². The Morgan fingerprint density at radius 3 is 2.89 bits per heavy atom. The van der Waals surface area contributed by atoms with Crippen LogP contribution in [0.4, 0.5) is 0 Å². The molecule has 96 valence electrons. The van der Waals surface area contributed by atoms with Crippen LogP contribution in [0.3, 0.4) is 0 Å². The molecule has 18 heavy (non-hydrogen) atoms. The Morgan fingerprint density at radius 1 is 1.44 bits per heavy atom. The normalized spacial score (nSPS) is 12.6. The molecule has 2 rings (SSSR count). The second-order valence-electron chi connectivity index (χ2n) is 4.32. The molecule has 4 heteroatoms. The third-order valence-corrected chi connectivity index (χ3v) is 3.50. The van der Waals surface area contributed by atoms with Gasteiger partial charge in [0.05, 0.1) is 0 Å². The van der Waals surface area contributed by atoms with Gasteiger partial charge in [-0.05, 0) is 24.2 Å². The van der Waals surface area contributed by atoms with E-state index in [2.05, 4.69) is 55.9 Å². The highest BCUT2D eigenvalue weighted by atomic mass is 79.9. The van der Waals surface area contributed by atoms with E-state index in [-0.39, 0.29) is 0 Å². The first-order valence-corrected chi connectivity index (χ1v) is 6.95. The van der Waals surface area contributed by atoms with Crippen LogP contribution >= 0.6 is 15.9 Å². The van der Waals surface area contributed by atoms with E-state index in [1.165, 1.54) is 5.56 Å². The minimum atomic E-state index is 0.300. The number of hydrogen-bond acceptors (Lipinski definition) is 2. The van der Waals surface area contributed by atoms with Gasteiger partial charge in [-0.3, -0.25) is 0 Å². The van der Waals surface area contributed by atoms with Gasteiger partial charge in [0.25, 0.3) is 0 Å². The summed E-state index contributed by atoms with van der Waals surface area (Å²) in [6, 6.07) is 8.74. The van der Waals surface area contributed by atoms with Crippen molar-refractivity contribution in [2.75, 3.05) is 6.54 Å². The van der Waals surface area contributed by atoms with Gasteiger partial charge in [-0.1, -0.05) is 35.0 Å². The lowest BCUT2D eigenvalue weighted by Crippen LogP contribution is -2.24. The van der Waals surface area contributed by atoms with E-state index in [0.29, 0.717) is 6.04 Å². The molecule has 1 N–H and O–H groups in total. The van der Waals surface area contributed by atoms with Gasteiger partial charge in [0.1, 0.15) is 5.82 Å². The minimum absolute atomic E-state index is 0.300. The lowest BCUT2D eigenvalue weighted by Gasteiger charge is -2.18. The van der Waals surface area contributed by atoms with Crippen molar-refractivity contribution in [3.63, 3.8) is 0 Å². The molecule has 1 atom stereocenters. The number of benzene rings is 1. The summed E-state index contributed by atoms with van der Waals surface area (Å²) in [6.07, 6.45) is 4.73. The molecule has 0 fully saturated rings. The number of halogens is 1. The predicted molar refractivity (Wildman–Crippen MR) is 77.5 cm³/mol. The lowest BCUT2D eigenvalue weighted by atomic mass is 10.0. The van der Waals surface area contributed by atoms with Crippen LogP contribution in [0.25, 0.3) is 0 Å². The van der Waals surface area contributed by atoms with Crippen molar-refractivity contribution in [2.24, 2.45) is 7.05 Å². The van der Waals surface area contributed by atoms with Crippen molar-refractivity contribution in [2.45, 2.75) is 19.4 Å². The number of imidazole rings is 1. The number of hydrogen-bond donors (Lipinski definition) is 1. The maximum absolute atomic E-state index is 4.40. The largest absolute Gasteiger partial charge is 0.338 e. The highest BCUT2D eigenvalue weighted by Crippen LogP contribution is 2.21. The molecule has 3 nitrogen and oxygen atoms in total. The summed E-state index contributed by atoms with van der Waals surface area (Å²) in [5, 5.41) is 3.52. The fraction of sp³-hybridized carbons (Fsp3) is 0.357. The van der Waals surface area contributed by atoms with Crippen molar-refractivity contribution in [3.8, 4) is 0 Å². The quantitative estimate of drug-likeness (QED) is 0.920. The number of aryl methyl sites for hydroxylation is 1. The smallest absolute Gasteiger partial charge is 0.110 e. The van der Waals surface area contributed by atoms with Crippen LogP contribution in [-0.2, 0) is 13.5 Å². The molecular weight excluding hydrogens is 290 g/mol. The van der Waals surface area contributed by atoms with Gasteiger partial charge in [-0.2, -0.15) is 0 Å². The summed E-state index contributed by atoms with van der Waals surface area (Å²) in [5.41, 5.74) is 1.29. The molecule has 0 aliphatic heterocycles. The Labute approximate surface area is 116 Å². The summed E-state index contributed by atoms with van der Waals surface area (Å²) < 4.78 is 3.19. The molecule has 0 aliphatic carbocycles. The zero-order chi connectivity index (χ0) is 13.0. The van der Waals surface area contributed by atoms with Crippen LogP contribution in [0.15, 0.2) is 41.1 Å². The number of nitrogens with one attached hydrogen (secondary N) is 1. The predicted octanol–water partition coefficient (Wildman–Crippen LogP) is 3.08. The van der Waals surface area contributed by atoms with E-state index >= 15 is 0 Å². The third-order valence-electron chi connectivity index (χ3n) is 3.01. The molecular formula is C14H18BrN3. The van der Waals surface area contributed by atoms with Gasteiger partial charge in [0, 0.05) is 36.4 Å². The Hall–Kier alpha value is -1.13. The molecule has 1 unspecified atom stereocenters. The molecule has 1 aromatic carbocycles. The monoisotopic (exact) mass is 307 g/mol. The maximum atomic E-state index is 4.40. The molecule has 1 heterocycles. The Kier molecular flexibility index (Phi) is 4.55. The van der Waals surface area contributed by atoms with Crippen LogP contribution in [0.1, 0.15) is 24.4 Å². The van der Waals surface area contributed by atoms with Gasteiger partial charge in [-0.25, -0.2) is 4.98 Å². The van der Waals surface area contributed by atoms with Crippen molar-refractivity contribution in [1.82, 2.24) is 14.9 Å². The first kappa shape index (κ1) is 13.3. The molecule has 0 bridgehead atoms. The Balaban J connectivity index is 2.20. The van der Waals surface area contributed by atoms with Crippen LogP contribution in [-0.4, -0.2) is 16.1 Å². The number of aromatic nitrogens is 2. The van der Waals surface area contributed by atoms with Crippen LogP contribution in [0, 0.1) is 0 Å². The van der Waals surface area contributed by atoms with Gasteiger partial charge in [0.15, 0.2) is 0 Å². The third kappa shape index (κ3) is 3.21. The molecule has 0 amide bonds. The number of likely N-dealkylation sites (N-methyl/N-ethyl adjacent to an activating group) is 1. The van der Waals surface area contributed by atoms with E-state index in [9.17, 15) is 0 Å². The zero-order valence-corrected chi connectivity index (χ0v) is 12.3. The first-order chi connectivity index (χ1) is 8.70. The number of nitrogens with zero attached hydrogens (tertiary/aromatic N) is 2. The minimum Gasteiger partial charge on any atom is -0.338 e. The molecule has 0 aliphatic rings.